The molecule has 0 spiro atoms. The number of amides is 1. The minimum atomic E-state index is -0.0922. The molecular formula is C15H17N3O2S. The summed E-state index contributed by atoms with van der Waals surface area (Å²) in [5, 5.41) is 6.83. The summed E-state index contributed by atoms with van der Waals surface area (Å²) in [7, 11) is 1.63. The van der Waals surface area contributed by atoms with Gasteiger partial charge in [-0.1, -0.05) is 29.5 Å². The number of aryl methyl sites for hydroxylation is 1. The fourth-order valence-corrected chi connectivity index (χ4v) is 3.39. The highest BCUT2D eigenvalue weighted by molar-refractivity contribution is 7.17. The quantitative estimate of drug-likeness (QED) is 0.915. The van der Waals surface area contributed by atoms with Crippen molar-refractivity contribution in [2.45, 2.75) is 19.4 Å². The van der Waals surface area contributed by atoms with Crippen molar-refractivity contribution >= 4 is 22.4 Å². The van der Waals surface area contributed by atoms with Crippen LogP contribution in [0.1, 0.15) is 33.4 Å². The molecule has 110 valence electrons. The maximum atomic E-state index is 11.7. The number of nitrogens with zero attached hydrogens (tertiary/aromatic N) is 1. The third-order valence-electron chi connectivity index (χ3n) is 3.49. The van der Waals surface area contributed by atoms with Crippen LogP contribution in [0, 0.1) is 6.92 Å². The number of benzene rings is 1. The van der Waals surface area contributed by atoms with E-state index in [0.29, 0.717) is 11.5 Å². The molecule has 2 N–H and O–H groups in total. The summed E-state index contributed by atoms with van der Waals surface area (Å²) >= 11 is 1.39. The van der Waals surface area contributed by atoms with Crippen molar-refractivity contribution in [2.75, 3.05) is 19.0 Å². The lowest BCUT2D eigenvalue weighted by Crippen LogP contribution is -2.20. The highest BCUT2D eigenvalue weighted by Gasteiger charge is 2.23. The summed E-state index contributed by atoms with van der Waals surface area (Å²) in [5.74, 6) is 0.825. The largest absolute Gasteiger partial charge is 0.493 e. The van der Waals surface area contributed by atoms with Crippen LogP contribution in [0.25, 0.3) is 0 Å². The number of aromatic nitrogens is 1. The van der Waals surface area contributed by atoms with E-state index in [1.165, 1.54) is 11.3 Å². The molecule has 1 unspecified atom stereocenters. The van der Waals surface area contributed by atoms with Gasteiger partial charge in [0.25, 0.3) is 5.91 Å². The number of ether oxygens (including phenoxy) is 1. The molecule has 2 heterocycles. The highest BCUT2D eigenvalue weighted by atomic mass is 32.1. The number of hydrogen-bond acceptors (Lipinski definition) is 5. The van der Waals surface area contributed by atoms with E-state index in [4.69, 9.17) is 4.74 Å². The minimum absolute atomic E-state index is 0.0922. The molecule has 0 bridgehead atoms. The Morgan fingerprint density at radius 3 is 3.05 bits per heavy atom. The number of para-hydroxylation sites is 1. The second-order valence-electron chi connectivity index (χ2n) is 4.88. The second kappa shape index (κ2) is 5.73. The molecule has 6 heteroatoms. The van der Waals surface area contributed by atoms with Gasteiger partial charge in [-0.25, -0.2) is 4.98 Å². The average molecular weight is 303 g/mol. The van der Waals surface area contributed by atoms with Gasteiger partial charge in [0.1, 0.15) is 10.6 Å². The zero-order chi connectivity index (χ0) is 14.8. The van der Waals surface area contributed by atoms with Crippen LogP contribution < -0.4 is 15.4 Å². The van der Waals surface area contributed by atoms with E-state index in [1.807, 2.05) is 25.1 Å². The van der Waals surface area contributed by atoms with Crippen molar-refractivity contribution in [3.05, 3.63) is 40.4 Å². The lowest BCUT2D eigenvalue weighted by atomic mass is 10.0. The molecule has 1 aromatic carbocycles. The Morgan fingerprint density at radius 2 is 2.24 bits per heavy atom. The first-order chi connectivity index (χ1) is 10.2. The van der Waals surface area contributed by atoms with Crippen molar-refractivity contribution in [3.8, 4) is 5.75 Å². The standard InChI is InChI=1S/C15H17N3O2S/c1-9-13(14(19)16-2)21-15(17-9)18-11-7-8-20-12-6-4-3-5-10(11)12/h3-6,11H,7-8H2,1-2H3,(H,16,19)(H,17,18). The molecule has 0 fully saturated rings. The van der Waals surface area contributed by atoms with Crippen LogP contribution in [-0.4, -0.2) is 24.5 Å². The van der Waals surface area contributed by atoms with Gasteiger partial charge in [0.15, 0.2) is 5.13 Å². The van der Waals surface area contributed by atoms with Gasteiger partial charge in [-0.2, -0.15) is 0 Å². The molecule has 1 aromatic heterocycles. The van der Waals surface area contributed by atoms with Gasteiger partial charge >= 0.3 is 0 Å². The molecular weight excluding hydrogens is 286 g/mol. The summed E-state index contributed by atoms with van der Waals surface area (Å²) in [4.78, 5) is 16.9. The predicted molar refractivity (Wildman–Crippen MR) is 83.2 cm³/mol. The lowest BCUT2D eigenvalue weighted by molar-refractivity contribution is 0.0966. The Kier molecular flexibility index (Phi) is 3.79. The summed E-state index contributed by atoms with van der Waals surface area (Å²) in [6, 6.07) is 8.18. The number of nitrogens with one attached hydrogen (secondary N) is 2. The Morgan fingerprint density at radius 1 is 1.43 bits per heavy atom. The van der Waals surface area contributed by atoms with Crippen LogP contribution in [-0.2, 0) is 0 Å². The first kappa shape index (κ1) is 13.9. The number of hydrogen-bond donors (Lipinski definition) is 2. The highest BCUT2D eigenvalue weighted by Crippen LogP contribution is 2.35. The molecule has 2 aromatic rings. The number of rotatable bonds is 3. The first-order valence-corrected chi connectivity index (χ1v) is 7.68. The van der Waals surface area contributed by atoms with E-state index >= 15 is 0 Å². The summed E-state index contributed by atoms with van der Waals surface area (Å²) in [6.45, 7) is 2.53. The van der Waals surface area contributed by atoms with Crippen LogP contribution in [0.2, 0.25) is 0 Å². The Hall–Kier alpha value is -2.08. The molecule has 5 nitrogen and oxygen atoms in total. The molecule has 1 amide bonds. The molecule has 0 radical (unpaired) electrons. The average Bonchev–Trinajstić information content (AvgIpc) is 2.87. The van der Waals surface area contributed by atoms with Crippen LogP contribution in [0.3, 0.4) is 0 Å². The van der Waals surface area contributed by atoms with Crippen LogP contribution in [0.15, 0.2) is 24.3 Å². The lowest BCUT2D eigenvalue weighted by Gasteiger charge is -2.26. The molecule has 1 aliphatic rings. The number of carbonyl (C=O) groups is 1. The normalized spacial score (nSPS) is 16.8. The molecule has 0 aliphatic carbocycles. The molecule has 0 saturated carbocycles. The number of thiazole rings is 1. The van der Waals surface area contributed by atoms with Crippen molar-refractivity contribution in [1.29, 1.82) is 0 Å². The minimum Gasteiger partial charge on any atom is -0.493 e. The van der Waals surface area contributed by atoms with Gasteiger partial charge in [0, 0.05) is 19.0 Å². The van der Waals surface area contributed by atoms with Crippen LogP contribution in [0.4, 0.5) is 5.13 Å². The van der Waals surface area contributed by atoms with Gasteiger partial charge < -0.3 is 15.4 Å². The SMILES string of the molecule is CNC(=O)c1sc(NC2CCOc3ccccc32)nc1C. The zero-order valence-corrected chi connectivity index (χ0v) is 12.8. The predicted octanol–water partition coefficient (Wildman–Crippen LogP) is 2.75. The van der Waals surface area contributed by atoms with Crippen LogP contribution in [0.5, 0.6) is 5.75 Å². The van der Waals surface area contributed by atoms with Gasteiger partial charge in [0.05, 0.1) is 18.3 Å². The topological polar surface area (TPSA) is 63.2 Å². The van der Waals surface area contributed by atoms with Crippen molar-refractivity contribution in [2.24, 2.45) is 0 Å². The van der Waals surface area contributed by atoms with E-state index < -0.39 is 0 Å². The summed E-state index contributed by atoms with van der Waals surface area (Å²) in [5.41, 5.74) is 1.89. The zero-order valence-electron chi connectivity index (χ0n) is 12.0. The smallest absolute Gasteiger partial charge is 0.263 e. The fraction of sp³-hybridized carbons (Fsp3) is 0.333. The maximum Gasteiger partial charge on any atom is 0.263 e. The van der Waals surface area contributed by atoms with Gasteiger partial charge in [-0.3, -0.25) is 4.79 Å². The van der Waals surface area contributed by atoms with Crippen LogP contribution >= 0.6 is 11.3 Å². The number of fused-ring (bicyclic) bond motifs is 1. The summed E-state index contributed by atoms with van der Waals surface area (Å²) in [6.07, 6.45) is 0.880. The molecule has 21 heavy (non-hydrogen) atoms. The monoisotopic (exact) mass is 303 g/mol. The van der Waals surface area contributed by atoms with E-state index in [0.717, 1.165) is 28.6 Å². The van der Waals surface area contributed by atoms with Crippen molar-refractivity contribution in [3.63, 3.8) is 0 Å². The Balaban J connectivity index is 1.84. The van der Waals surface area contributed by atoms with E-state index in [2.05, 4.69) is 21.7 Å². The van der Waals surface area contributed by atoms with Gasteiger partial charge in [0.2, 0.25) is 0 Å². The number of carbonyl (C=O) groups excluding carboxylic acids is 1. The van der Waals surface area contributed by atoms with E-state index in [-0.39, 0.29) is 11.9 Å². The van der Waals surface area contributed by atoms with Crippen molar-refractivity contribution in [1.82, 2.24) is 10.3 Å². The third-order valence-corrected chi connectivity index (χ3v) is 4.57. The Labute approximate surface area is 127 Å². The Bertz CT molecular complexity index is 669. The molecule has 1 aliphatic heterocycles. The third kappa shape index (κ3) is 2.71. The maximum absolute atomic E-state index is 11.7. The second-order valence-corrected chi connectivity index (χ2v) is 5.88. The van der Waals surface area contributed by atoms with E-state index in [9.17, 15) is 4.79 Å². The summed E-state index contributed by atoms with van der Waals surface area (Å²) < 4.78 is 5.65. The first-order valence-electron chi connectivity index (χ1n) is 6.87. The fourth-order valence-electron chi connectivity index (χ4n) is 2.42. The molecule has 1 atom stereocenters. The van der Waals surface area contributed by atoms with Gasteiger partial charge in [-0.05, 0) is 13.0 Å². The molecule has 0 saturated heterocycles. The molecule has 3 rings (SSSR count). The van der Waals surface area contributed by atoms with Gasteiger partial charge in [-0.15, -0.1) is 0 Å². The van der Waals surface area contributed by atoms with E-state index in [1.54, 1.807) is 7.05 Å². The number of anilines is 1. The van der Waals surface area contributed by atoms with Crippen molar-refractivity contribution < 1.29 is 9.53 Å².